The molecule has 0 saturated carbocycles. The van der Waals surface area contributed by atoms with Crippen molar-refractivity contribution in [3.63, 3.8) is 0 Å². The van der Waals surface area contributed by atoms with Crippen molar-refractivity contribution in [3.05, 3.63) is 54.2 Å². The molecule has 1 saturated heterocycles. The van der Waals surface area contributed by atoms with Crippen LogP contribution in [-0.2, 0) is 18.3 Å². The van der Waals surface area contributed by atoms with Crippen LogP contribution in [-0.4, -0.2) is 57.3 Å². The lowest BCUT2D eigenvalue weighted by molar-refractivity contribution is -0.137. The van der Waals surface area contributed by atoms with Gasteiger partial charge in [-0.15, -0.1) is 0 Å². The molecule has 4 rings (SSSR count). The van der Waals surface area contributed by atoms with E-state index in [1.165, 1.54) is 0 Å². The van der Waals surface area contributed by atoms with Crippen LogP contribution in [0.1, 0.15) is 62.5 Å². The lowest BCUT2D eigenvalue weighted by Gasteiger charge is -2.39. The van der Waals surface area contributed by atoms with Gasteiger partial charge in [-0.25, -0.2) is 9.37 Å². The number of rotatable bonds is 13. The van der Waals surface area contributed by atoms with Gasteiger partial charge < -0.3 is 19.3 Å². The van der Waals surface area contributed by atoms with E-state index < -0.39 is 12.1 Å². The molecule has 200 valence electrons. The number of alkyl halides is 1. The van der Waals surface area contributed by atoms with Gasteiger partial charge in [0.1, 0.15) is 17.7 Å². The lowest BCUT2D eigenvalue weighted by Crippen LogP contribution is -2.41. The van der Waals surface area contributed by atoms with E-state index in [9.17, 15) is 9.90 Å². The van der Waals surface area contributed by atoms with Crippen LogP contribution in [0.5, 0.6) is 5.75 Å². The van der Waals surface area contributed by atoms with Gasteiger partial charge in [0.05, 0.1) is 12.6 Å². The van der Waals surface area contributed by atoms with E-state index in [4.69, 9.17) is 4.74 Å². The number of nitrogens with zero attached hydrogens (tertiary/aromatic N) is 4. The number of fused-ring (bicyclic) bond motifs is 1. The lowest BCUT2D eigenvalue weighted by atomic mass is 9.79. The molecule has 37 heavy (non-hydrogen) atoms. The van der Waals surface area contributed by atoms with Crippen LogP contribution in [0.4, 0.5) is 4.39 Å². The number of piperidine rings is 1. The molecule has 7 nitrogen and oxygen atoms in total. The number of methoxy groups -OCH3 is 1. The molecule has 0 amide bonds. The first kappa shape index (κ1) is 27.0. The Labute approximate surface area is 218 Å². The number of unbranched alkanes of at least 4 members (excludes halogenated alkanes) is 1. The van der Waals surface area contributed by atoms with Crippen molar-refractivity contribution in [2.45, 2.75) is 57.5 Å². The van der Waals surface area contributed by atoms with E-state index in [2.05, 4.69) is 19.4 Å². The number of ether oxygens (including phenoxy) is 1. The summed E-state index contributed by atoms with van der Waals surface area (Å²) in [5.74, 6) is 1.66. The number of aromatic nitrogens is 3. The standard InChI is InChI=1S/C29H39FN4O3/c1-33-18-15-32-28(33)5-3-4-16-34-17-13-21(22(20-34)7-11-29(35)36)6-9-26(30)24-12-14-31-27-10-8-23(37-2)19-25(24)27/h8,10,12,14-15,18-19,21-22,26H,3-7,9,11,13,16-17,20H2,1-2H3,(H,35,36)/t21?,22?,26-/m0/s1. The second-order valence-corrected chi connectivity index (χ2v) is 10.3. The van der Waals surface area contributed by atoms with Gasteiger partial charge in [0, 0.05) is 50.4 Å². The minimum atomic E-state index is -1.10. The summed E-state index contributed by atoms with van der Waals surface area (Å²) >= 11 is 0. The van der Waals surface area contributed by atoms with Crippen LogP contribution in [0, 0.1) is 11.8 Å². The van der Waals surface area contributed by atoms with Gasteiger partial charge >= 0.3 is 5.97 Å². The number of aryl methyl sites for hydroxylation is 2. The van der Waals surface area contributed by atoms with Crippen LogP contribution in [0.25, 0.3) is 10.9 Å². The predicted molar refractivity (Wildman–Crippen MR) is 142 cm³/mol. The van der Waals surface area contributed by atoms with Crippen molar-refractivity contribution in [1.29, 1.82) is 0 Å². The van der Waals surface area contributed by atoms with Crippen molar-refractivity contribution in [2.75, 3.05) is 26.7 Å². The van der Waals surface area contributed by atoms with Gasteiger partial charge in [-0.1, -0.05) is 0 Å². The summed E-state index contributed by atoms with van der Waals surface area (Å²) in [6.45, 7) is 2.90. The van der Waals surface area contributed by atoms with Crippen molar-refractivity contribution in [3.8, 4) is 5.75 Å². The molecule has 2 aromatic heterocycles. The number of aliphatic carboxylic acids is 1. The van der Waals surface area contributed by atoms with Crippen molar-refractivity contribution in [1.82, 2.24) is 19.4 Å². The Morgan fingerprint density at radius 3 is 2.81 bits per heavy atom. The molecule has 0 bridgehead atoms. The molecule has 1 N–H and O–H groups in total. The number of benzene rings is 1. The van der Waals surface area contributed by atoms with Gasteiger partial charge in [-0.2, -0.15) is 0 Å². The zero-order valence-electron chi connectivity index (χ0n) is 22.0. The molecule has 0 aliphatic carbocycles. The highest BCUT2D eigenvalue weighted by molar-refractivity contribution is 5.83. The molecule has 1 aromatic carbocycles. The van der Waals surface area contributed by atoms with Gasteiger partial charge in [0.15, 0.2) is 0 Å². The quantitative estimate of drug-likeness (QED) is 0.302. The first-order chi connectivity index (χ1) is 17.9. The molecule has 2 unspecified atom stereocenters. The summed E-state index contributed by atoms with van der Waals surface area (Å²) in [6.07, 6.45) is 10.5. The average Bonchev–Trinajstić information content (AvgIpc) is 3.32. The molecular weight excluding hydrogens is 471 g/mol. The van der Waals surface area contributed by atoms with Crippen LogP contribution >= 0.6 is 0 Å². The maximum atomic E-state index is 15.5. The monoisotopic (exact) mass is 510 g/mol. The molecule has 1 aliphatic rings. The van der Waals surface area contributed by atoms with E-state index in [1.807, 2.05) is 37.6 Å². The minimum absolute atomic E-state index is 0.169. The molecule has 3 heterocycles. The largest absolute Gasteiger partial charge is 0.497 e. The zero-order chi connectivity index (χ0) is 26.2. The Balaban J connectivity index is 1.32. The first-order valence-corrected chi connectivity index (χ1v) is 13.4. The molecule has 1 aliphatic heterocycles. The maximum absolute atomic E-state index is 15.5. The fourth-order valence-corrected chi connectivity index (χ4v) is 5.69. The van der Waals surface area contributed by atoms with Gasteiger partial charge in [-0.3, -0.25) is 9.78 Å². The van der Waals surface area contributed by atoms with E-state index in [-0.39, 0.29) is 12.3 Å². The number of carboxylic acids is 1. The Bertz CT molecular complexity index is 1170. The molecule has 0 spiro atoms. The first-order valence-electron chi connectivity index (χ1n) is 13.4. The van der Waals surface area contributed by atoms with Crippen LogP contribution < -0.4 is 4.74 Å². The average molecular weight is 511 g/mol. The molecule has 8 heteroatoms. The highest BCUT2D eigenvalue weighted by Crippen LogP contribution is 2.36. The number of likely N-dealkylation sites (tertiary alicyclic amines) is 1. The van der Waals surface area contributed by atoms with E-state index in [0.717, 1.165) is 68.5 Å². The van der Waals surface area contributed by atoms with E-state index in [1.54, 1.807) is 19.4 Å². The Kier molecular flexibility index (Phi) is 9.50. The number of carboxylic acid groups (broad SMARTS) is 1. The fraction of sp³-hybridized carbons (Fsp3) is 0.552. The SMILES string of the molecule is COc1ccc2nccc([C@@H](F)CCC3CCN(CCCCc4nccn4C)CC3CCC(=O)O)c2c1. The second kappa shape index (κ2) is 13.0. The van der Waals surface area contributed by atoms with Crippen LogP contribution in [0.2, 0.25) is 0 Å². The Morgan fingerprint density at radius 1 is 1.19 bits per heavy atom. The third kappa shape index (κ3) is 7.28. The molecule has 3 atom stereocenters. The Morgan fingerprint density at radius 2 is 2.05 bits per heavy atom. The smallest absolute Gasteiger partial charge is 0.303 e. The number of imidazole rings is 1. The number of hydrogen-bond acceptors (Lipinski definition) is 5. The zero-order valence-corrected chi connectivity index (χ0v) is 22.0. The highest BCUT2D eigenvalue weighted by atomic mass is 19.1. The number of carbonyl (C=O) groups is 1. The summed E-state index contributed by atoms with van der Waals surface area (Å²) in [7, 11) is 3.63. The summed E-state index contributed by atoms with van der Waals surface area (Å²) in [5, 5.41) is 10.1. The van der Waals surface area contributed by atoms with Crippen LogP contribution in [0.3, 0.4) is 0 Å². The predicted octanol–water partition coefficient (Wildman–Crippen LogP) is 5.59. The third-order valence-electron chi connectivity index (χ3n) is 7.86. The number of halogens is 1. The van der Waals surface area contributed by atoms with Crippen LogP contribution in [0.15, 0.2) is 42.9 Å². The fourth-order valence-electron chi connectivity index (χ4n) is 5.69. The van der Waals surface area contributed by atoms with E-state index in [0.29, 0.717) is 30.1 Å². The van der Waals surface area contributed by atoms with Gasteiger partial charge in [0.2, 0.25) is 0 Å². The minimum Gasteiger partial charge on any atom is -0.497 e. The summed E-state index contributed by atoms with van der Waals surface area (Å²) in [5.41, 5.74) is 1.41. The van der Waals surface area contributed by atoms with Gasteiger partial charge in [-0.05, 0) is 93.3 Å². The normalized spacial score (nSPS) is 19.2. The Hall–Kier alpha value is -3.00. The molecule has 1 fully saturated rings. The molecular formula is C29H39FN4O3. The third-order valence-corrected chi connectivity index (χ3v) is 7.86. The maximum Gasteiger partial charge on any atom is 0.303 e. The topological polar surface area (TPSA) is 80.5 Å². The summed E-state index contributed by atoms with van der Waals surface area (Å²) in [6, 6.07) is 7.32. The van der Waals surface area contributed by atoms with Crippen molar-refractivity contribution < 1.29 is 19.0 Å². The number of pyridine rings is 1. The summed E-state index contributed by atoms with van der Waals surface area (Å²) in [4.78, 5) is 22.6. The highest BCUT2D eigenvalue weighted by Gasteiger charge is 2.30. The molecule has 3 aromatic rings. The van der Waals surface area contributed by atoms with Crippen molar-refractivity contribution >= 4 is 16.9 Å². The molecule has 0 radical (unpaired) electrons. The van der Waals surface area contributed by atoms with Gasteiger partial charge in [0.25, 0.3) is 0 Å². The number of hydrogen-bond donors (Lipinski definition) is 1. The second-order valence-electron chi connectivity index (χ2n) is 10.3. The van der Waals surface area contributed by atoms with E-state index >= 15 is 4.39 Å². The summed E-state index contributed by atoms with van der Waals surface area (Å²) < 4.78 is 22.9. The van der Waals surface area contributed by atoms with Crippen molar-refractivity contribution in [2.24, 2.45) is 18.9 Å².